The molecule has 0 atom stereocenters. The lowest BCUT2D eigenvalue weighted by atomic mass is 10.1. The van der Waals surface area contributed by atoms with Crippen LogP contribution in [0.3, 0.4) is 0 Å². The van der Waals surface area contributed by atoms with Crippen molar-refractivity contribution in [1.29, 1.82) is 0 Å². The van der Waals surface area contributed by atoms with E-state index in [1.807, 2.05) is 60.7 Å². The summed E-state index contributed by atoms with van der Waals surface area (Å²) < 4.78 is 16.7. The summed E-state index contributed by atoms with van der Waals surface area (Å²) in [7, 11) is 1.49. The molecule has 1 aromatic heterocycles. The lowest BCUT2D eigenvalue weighted by Crippen LogP contribution is -2.20. The highest BCUT2D eigenvalue weighted by Gasteiger charge is 2.15. The molecule has 0 aliphatic rings. The second-order valence-electron chi connectivity index (χ2n) is 7.86. The molecule has 2 amide bonds. The number of methoxy groups -OCH3 is 1. The van der Waals surface area contributed by atoms with Crippen LogP contribution in [0.25, 0.3) is 21.7 Å². The fraction of sp³-hybridized carbons (Fsp3) is 0.0714. The molecule has 5 aromatic rings. The minimum atomic E-state index is -0.403. The van der Waals surface area contributed by atoms with Gasteiger partial charge < -0.3 is 24.5 Å². The van der Waals surface area contributed by atoms with E-state index in [2.05, 4.69) is 10.6 Å². The third-order valence-electron chi connectivity index (χ3n) is 5.47. The van der Waals surface area contributed by atoms with Gasteiger partial charge in [-0.3, -0.25) is 9.59 Å². The van der Waals surface area contributed by atoms with Crippen molar-refractivity contribution in [3.05, 3.63) is 96.8 Å². The van der Waals surface area contributed by atoms with Crippen LogP contribution < -0.4 is 20.1 Å². The number of rotatable bonds is 7. The van der Waals surface area contributed by atoms with Gasteiger partial charge in [0.05, 0.1) is 12.8 Å². The van der Waals surface area contributed by atoms with Crippen LogP contribution in [0, 0.1) is 0 Å². The summed E-state index contributed by atoms with van der Waals surface area (Å²) in [5.74, 6) is 0.471. The van der Waals surface area contributed by atoms with Crippen molar-refractivity contribution in [2.24, 2.45) is 0 Å². The van der Waals surface area contributed by atoms with Gasteiger partial charge in [-0.2, -0.15) is 0 Å². The molecule has 0 radical (unpaired) electrons. The molecule has 7 heteroatoms. The number of para-hydroxylation sites is 1. The van der Waals surface area contributed by atoms with Crippen molar-refractivity contribution in [2.75, 3.05) is 24.4 Å². The lowest BCUT2D eigenvalue weighted by molar-refractivity contribution is -0.118. The first-order chi connectivity index (χ1) is 17.1. The van der Waals surface area contributed by atoms with E-state index in [4.69, 9.17) is 13.9 Å². The van der Waals surface area contributed by atoms with Crippen molar-refractivity contribution < 1.29 is 23.5 Å². The van der Waals surface area contributed by atoms with Crippen LogP contribution in [0.15, 0.2) is 95.4 Å². The topological polar surface area (TPSA) is 89.8 Å². The molecule has 0 aliphatic carbocycles. The van der Waals surface area contributed by atoms with E-state index in [0.717, 1.165) is 16.2 Å². The number of nitrogens with one attached hydrogen (secondary N) is 2. The van der Waals surface area contributed by atoms with E-state index in [9.17, 15) is 9.59 Å². The van der Waals surface area contributed by atoms with Crippen LogP contribution in [-0.2, 0) is 4.79 Å². The Morgan fingerprint density at radius 2 is 1.57 bits per heavy atom. The van der Waals surface area contributed by atoms with Gasteiger partial charge in [-0.05, 0) is 47.2 Å². The normalized spacial score (nSPS) is 10.8. The Kier molecular flexibility index (Phi) is 6.05. The van der Waals surface area contributed by atoms with Crippen molar-refractivity contribution in [1.82, 2.24) is 0 Å². The Morgan fingerprint density at radius 3 is 2.37 bits per heavy atom. The second-order valence-corrected chi connectivity index (χ2v) is 7.86. The molecule has 5 rings (SSSR count). The van der Waals surface area contributed by atoms with E-state index in [0.29, 0.717) is 28.5 Å². The minimum absolute atomic E-state index is 0.148. The summed E-state index contributed by atoms with van der Waals surface area (Å²) in [6.07, 6.45) is 0. The zero-order valence-corrected chi connectivity index (χ0v) is 18.9. The molecule has 174 valence electrons. The van der Waals surface area contributed by atoms with Crippen molar-refractivity contribution >= 4 is 44.9 Å². The number of ether oxygens (including phenoxy) is 2. The Bertz CT molecular complexity index is 1510. The van der Waals surface area contributed by atoms with Crippen LogP contribution in [0.4, 0.5) is 11.4 Å². The average molecular weight is 466 g/mol. The number of benzene rings is 4. The van der Waals surface area contributed by atoms with Crippen molar-refractivity contribution in [3.8, 4) is 11.5 Å². The summed E-state index contributed by atoms with van der Waals surface area (Å²) in [6.45, 7) is -0.148. The number of anilines is 2. The molecule has 7 nitrogen and oxygen atoms in total. The Hall–Kier alpha value is -4.78. The average Bonchev–Trinajstić information content (AvgIpc) is 3.33. The smallest absolute Gasteiger partial charge is 0.291 e. The predicted octanol–water partition coefficient (Wildman–Crippen LogP) is 5.86. The highest BCUT2D eigenvalue weighted by Crippen LogP contribution is 2.29. The quantitative estimate of drug-likeness (QED) is 0.313. The predicted molar refractivity (Wildman–Crippen MR) is 135 cm³/mol. The highest BCUT2D eigenvalue weighted by molar-refractivity contribution is 6.05. The number of carbonyl (C=O) groups is 2. The number of hydrogen-bond acceptors (Lipinski definition) is 5. The zero-order chi connectivity index (χ0) is 24.2. The number of carbonyl (C=O) groups excluding carboxylic acids is 2. The first kappa shape index (κ1) is 22.0. The molecular weight excluding hydrogens is 444 g/mol. The van der Waals surface area contributed by atoms with E-state index in [-0.39, 0.29) is 18.3 Å². The third kappa shape index (κ3) is 4.94. The van der Waals surface area contributed by atoms with Gasteiger partial charge >= 0.3 is 0 Å². The van der Waals surface area contributed by atoms with E-state index >= 15 is 0 Å². The van der Waals surface area contributed by atoms with Crippen molar-refractivity contribution in [3.63, 3.8) is 0 Å². The van der Waals surface area contributed by atoms with Crippen molar-refractivity contribution in [2.45, 2.75) is 0 Å². The minimum Gasteiger partial charge on any atom is -0.494 e. The van der Waals surface area contributed by atoms with Gasteiger partial charge in [0, 0.05) is 17.1 Å². The number of hydrogen-bond donors (Lipinski definition) is 2. The molecule has 0 spiro atoms. The standard InChI is InChI=1S/C28H22N2O5/c1-33-25-16-21(29-27(31)17-34-22-12-10-18-6-2-3-7-19(18)14-22)11-13-23(25)30-28(32)26-15-20-8-4-5-9-24(20)35-26/h2-16H,17H2,1H3,(H,29,31)(H,30,32). The van der Waals surface area contributed by atoms with Gasteiger partial charge in [0.25, 0.3) is 11.8 Å². The van der Waals surface area contributed by atoms with Gasteiger partial charge in [-0.1, -0.05) is 48.5 Å². The summed E-state index contributed by atoms with van der Waals surface area (Å²) in [5, 5.41) is 8.54. The number of fused-ring (bicyclic) bond motifs is 2. The van der Waals surface area contributed by atoms with Gasteiger partial charge in [0.15, 0.2) is 12.4 Å². The van der Waals surface area contributed by atoms with Crippen LogP contribution in [0.2, 0.25) is 0 Å². The molecule has 0 saturated carbocycles. The first-order valence-electron chi connectivity index (χ1n) is 11.0. The highest BCUT2D eigenvalue weighted by atomic mass is 16.5. The monoisotopic (exact) mass is 466 g/mol. The lowest BCUT2D eigenvalue weighted by Gasteiger charge is -2.12. The van der Waals surface area contributed by atoms with Crippen LogP contribution >= 0.6 is 0 Å². The Labute approximate surface area is 201 Å². The summed E-state index contributed by atoms with van der Waals surface area (Å²) in [6, 6.07) is 27.6. The first-order valence-corrected chi connectivity index (χ1v) is 11.0. The number of furan rings is 1. The largest absolute Gasteiger partial charge is 0.494 e. The van der Waals surface area contributed by atoms with Gasteiger partial charge in [-0.25, -0.2) is 0 Å². The molecular formula is C28H22N2O5. The molecule has 0 bridgehead atoms. The van der Waals surface area contributed by atoms with E-state index in [1.54, 1.807) is 30.3 Å². The molecule has 0 aliphatic heterocycles. The van der Waals surface area contributed by atoms with E-state index in [1.165, 1.54) is 7.11 Å². The van der Waals surface area contributed by atoms with Crippen LogP contribution in [0.1, 0.15) is 10.6 Å². The fourth-order valence-corrected chi connectivity index (χ4v) is 3.75. The molecule has 0 fully saturated rings. The van der Waals surface area contributed by atoms with E-state index < -0.39 is 5.91 Å². The maximum absolute atomic E-state index is 12.7. The van der Waals surface area contributed by atoms with Gasteiger partial charge in [0.2, 0.25) is 0 Å². The van der Waals surface area contributed by atoms with Crippen LogP contribution in [-0.4, -0.2) is 25.5 Å². The Morgan fingerprint density at radius 1 is 0.800 bits per heavy atom. The fourth-order valence-electron chi connectivity index (χ4n) is 3.75. The van der Waals surface area contributed by atoms with Gasteiger partial charge in [-0.15, -0.1) is 0 Å². The summed E-state index contributed by atoms with van der Waals surface area (Å²) >= 11 is 0. The maximum Gasteiger partial charge on any atom is 0.291 e. The third-order valence-corrected chi connectivity index (χ3v) is 5.47. The maximum atomic E-state index is 12.7. The molecule has 35 heavy (non-hydrogen) atoms. The van der Waals surface area contributed by atoms with Gasteiger partial charge in [0.1, 0.15) is 17.1 Å². The molecule has 0 unspecified atom stereocenters. The molecule has 1 heterocycles. The molecule has 2 N–H and O–H groups in total. The molecule has 0 saturated heterocycles. The molecule has 4 aromatic carbocycles. The summed E-state index contributed by atoms with van der Waals surface area (Å²) in [4.78, 5) is 25.1. The number of amides is 2. The summed E-state index contributed by atoms with van der Waals surface area (Å²) in [5.41, 5.74) is 1.59. The zero-order valence-electron chi connectivity index (χ0n) is 18.9. The second kappa shape index (κ2) is 9.61. The van der Waals surface area contributed by atoms with Crippen LogP contribution in [0.5, 0.6) is 11.5 Å². The SMILES string of the molecule is COc1cc(NC(=O)COc2ccc3ccccc3c2)ccc1NC(=O)c1cc2ccccc2o1. The Balaban J connectivity index is 1.22.